The van der Waals surface area contributed by atoms with Gasteiger partial charge >= 0.3 is 21.3 Å². The van der Waals surface area contributed by atoms with E-state index in [4.69, 9.17) is 4.55 Å². The molecule has 18 heavy (non-hydrogen) atoms. The number of carbonyl (C=O) groups excluding carboxylic acids is 2. The average Bonchev–Trinajstić information content (AvgIpc) is 2.26. The van der Waals surface area contributed by atoms with E-state index in [9.17, 15) is 26.8 Å². The summed E-state index contributed by atoms with van der Waals surface area (Å²) in [5, 5.41) is -4.96. The van der Waals surface area contributed by atoms with Gasteiger partial charge in [-0.3, -0.25) is 9.35 Å². The lowest BCUT2D eigenvalue weighted by Crippen LogP contribution is -2.39. The highest BCUT2D eigenvalue weighted by atomic mass is 32.2. The van der Waals surface area contributed by atoms with E-state index in [1.165, 1.54) is 0 Å². The SMILES string of the molecule is O=C1CCC(COC(=O)C(F)(F)S(=O)(=O)O)CC1. The minimum Gasteiger partial charge on any atom is -0.460 e. The largest absolute Gasteiger partial charge is 0.465 e. The van der Waals surface area contributed by atoms with Gasteiger partial charge in [0.15, 0.2) is 0 Å². The molecule has 1 rings (SSSR count). The first kappa shape index (κ1) is 15.0. The summed E-state index contributed by atoms with van der Waals surface area (Å²) in [7, 11) is -5.83. The molecule has 0 unspecified atom stereocenters. The van der Waals surface area contributed by atoms with Crippen LogP contribution >= 0.6 is 0 Å². The fourth-order valence-corrected chi connectivity index (χ4v) is 1.82. The number of hydrogen-bond donors (Lipinski definition) is 1. The Morgan fingerprint density at radius 1 is 1.39 bits per heavy atom. The number of halogens is 2. The third-order valence-corrected chi connectivity index (χ3v) is 3.49. The van der Waals surface area contributed by atoms with Crippen LogP contribution in [-0.2, 0) is 24.4 Å². The maximum absolute atomic E-state index is 12.8. The summed E-state index contributed by atoms with van der Waals surface area (Å²) in [5.41, 5.74) is 0. The van der Waals surface area contributed by atoms with Gasteiger partial charge in [0.1, 0.15) is 5.78 Å². The van der Waals surface area contributed by atoms with E-state index in [1.807, 2.05) is 0 Å². The van der Waals surface area contributed by atoms with Crippen LogP contribution in [0.25, 0.3) is 0 Å². The number of ketones is 1. The Bertz CT molecular complexity index is 434. The lowest BCUT2D eigenvalue weighted by molar-refractivity contribution is -0.163. The molecule has 1 aliphatic carbocycles. The molecule has 0 amide bonds. The Morgan fingerprint density at radius 3 is 2.33 bits per heavy atom. The molecule has 1 saturated carbocycles. The topological polar surface area (TPSA) is 97.7 Å². The van der Waals surface area contributed by atoms with E-state index in [-0.39, 0.29) is 24.5 Å². The van der Waals surface area contributed by atoms with Crippen LogP contribution in [0, 0.1) is 5.92 Å². The Kier molecular flexibility index (Phi) is 4.38. The second kappa shape index (κ2) is 5.27. The molecule has 0 aliphatic heterocycles. The van der Waals surface area contributed by atoms with Crippen molar-refractivity contribution in [2.24, 2.45) is 5.92 Å². The fourth-order valence-electron chi connectivity index (χ4n) is 1.55. The molecule has 0 atom stereocenters. The molecule has 1 fully saturated rings. The van der Waals surface area contributed by atoms with Gasteiger partial charge in [-0.05, 0) is 18.8 Å². The summed E-state index contributed by atoms with van der Waals surface area (Å²) in [5.74, 6) is -2.49. The third-order valence-electron chi connectivity index (χ3n) is 2.67. The molecule has 0 aromatic rings. The monoisotopic (exact) mass is 286 g/mol. The molecule has 1 N–H and O–H groups in total. The van der Waals surface area contributed by atoms with Gasteiger partial charge in [-0.15, -0.1) is 0 Å². The van der Waals surface area contributed by atoms with E-state index in [0.29, 0.717) is 12.8 Å². The number of Topliss-reactive ketones (excluding diaryl/α,β-unsaturated/α-hetero) is 1. The van der Waals surface area contributed by atoms with E-state index in [0.717, 1.165) is 0 Å². The van der Waals surface area contributed by atoms with Gasteiger partial charge < -0.3 is 4.74 Å². The maximum Gasteiger partial charge on any atom is 0.465 e. The number of rotatable bonds is 4. The number of hydrogen-bond acceptors (Lipinski definition) is 5. The predicted octanol–water partition coefficient (Wildman–Crippen LogP) is 0.770. The summed E-state index contributed by atoms with van der Waals surface area (Å²) >= 11 is 0. The van der Waals surface area contributed by atoms with Crippen molar-refractivity contribution in [1.82, 2.24) is 0 Å². The fraction of sp³-hybridized carbons (Fsp3) is 0.778. The van der Waals surface area contributed by atoms with Crippen LogP contribution in [0.5, 0.6) is 0 Å². The Morgan fingerprint density at radius 2 is 1.89 bits per heavy atom. The number of esters is 1. The quantitative estimate of drug-likeness (QED) is 0.605. The first-order valence-electron chi connectivity index (χ1n) is 5.18. The summed E-state index contributed by atoms with van der Waals surface area (Å²) in [6, 6.07) is 0. The number of carbonyl (C=O) groups is 2. The van der Waals surface area contributed by atoms with Crippen LogP contribution in [0.1, 0.15) is 25.7 Å². The van der Waals surface area contributed by atoms with Crippen molar-refractivity contribution in [1.29, 1.82) is 0 Å². The van der Waals surface area contributed by atoms with Crippen LogP contribution in [0.3, 0.4) is 0 Å². The van der Waals surface area contributed by atoms with E-state index >= 15 is 0 Å². The molecular weight excluding hydrogens is 274 g/mol. The van der Waals surface area contributed by atoms with Gasteiger partial charge in [-0.1, -0.05) is 0 Å². The Hall–Kier alpha value is -1.09. The van der Waals surface area contributed by atoms with Crippen molar-refractivity contribution >= 4 is 21.9 Å². The highest BCUT2D eigenvalue weighted by molar-refractivity contribution is 7.87. The van der Waals surface area contributed by atoms with E-state index in [1.54, 1.807) is 0 Å². The average molecular weight is 286 g/mol. The van der Waals surface area contributed by atoms with Crippen molar-refractivity contribution in [3.8, 4) is 0 Å². The van der Waals surface area contributed by atoms with E-state index in [2.05, 4.69) is 4.74 Å². The van der Waals surface area contributed by atoms with E-state index < -0.39 is 27.9 Å². The van der Waals surface area contributed by atoms with Gasteiger partial charge in [-0.2, -0.15) is 17.2 Å². The molecule has 1 aliphatic rings. The maximum atomic E-state index is 12.8. The lowest BCUT2D eigenvalue weighted by atomic mass is 9.89. The summed E-state index contributed by atoms with van der Waals surface area (Å²) < 4.78 is 58.4. The number of ether oxygens (including phenoxy) is 1. The van der Waals surface area contributed by atoms with Crippen LogP contribution < -0.4 is 0 Å². The highest BCUT2D eigenvalue weighted by Gasteiger charge is 2.54. The molecule has 0 radical (unpaired) electrons. The van der Waals surface area contributed by atoms with Crippen molar-refractivity contribution in [2.45, 2.75) is 30.9 Å². The molecule has 104 valence electrons. The normalized spacial score (nSPS) is 18.7. The zero-order valence-corrected chi connectivity index (χ0v) is 10.1. The molecule has 0 spiro atoms. The molecule has 0 aromatic heterocycles. The molecule has 9 heteroatoms. The minimum absolute atomic E-state index is 0.0563. The Balaban J connectivity index is 2.49. The molecular formula is C9H12F2O6S. The number of alkyl halides is 2. The Labute approximate surface area is 102 Å². The smallest absolute Gasteiger partial charge is 0.460 e. The minimum atomic E-state index is -5.83. The predicted molar refractivity (Wildman–Crippen MR) is 54.4 cm³/mol. The zero-order valence-electron chi connectivity index (χ0n) is 9.27. The lowest BCUT2D eigenvalue weighted by Gasteiger charge is -2.21. The van der Waals surface area contributed by atoms with Gasteiger partial charge in [0.05, 0.1) is 6.61 Å². The van der Waals surface area contributed by atoms with Gasteiger partial charge in [0, 0.05) is 12.8 Å². The van der Waals surface area contributed by atoms with Gasteiger partial charge in [0.25, 0.3) is 0 Å². The van der Waals surface area contributed by atoms with Gasteiger partial charge in [-0.25, -0.2) is 4.79 Å². The second-order valence-corrected chi connectivity index (χ2v) is 5.54. The first-order chi connectivity index (χ1) is 8.14. The highest BCUT2D eigenvalue weighted by Crippen LogP contribution is 2.25. The molecule has 6 nitrogen and oxygen atoms in total. The van der Waals surface area contributed by atoms with Crippen LogP contribution in [0.4, 0.5) is 8.78 Å². The summed E-state index contributed by atoms with van der Waals surface area (Å²) in [6.45, 7) is -0.392. The van der Waals surface area contributed by atoms with Crippen molar-refractivity contribution in [3.05, 3.63) is 0 Å². The summed E-state index contributed by atoms with van der Waals surface area (Å²) in [6.07, 6.45) is 1.39. The molecule has 0 bridgehead atoms. The second-order valence-electron chi connectivity index (χ2n) is 4.07. The van der Waals surface area contributed by atoms with Crippen molar-refractivity contribution in [2.75, 3.05) is 6.61 Å². The summed E-state index contributed by atoms with van der Waals surface area (Å²) in [4.78, 5) is 21.7. The van der Waals surface area contributed by atoms with Crippen molar-refractivity contribution < 1.29 is 36.1 Å². The molecule has 0 aromatic carbocycles. The zero-order chi connectivity index (χ0) is 14.0. The van der Waals surface area contributed by atoms with Crippen molar-refractivity contribution in [3.63, 3.8) is 0 Å². The van der Waals surface area contributed by atoms with Crippen LogP contribution in [0.15, 0.2) is 0 Å². The first-order valence-corrected chi connectivity index (χ1v) is 6.62. The van der Waals surface area contributed by atoms with Crippen LogP contribution in [-0.4, -0.2) is 36.6 Å². The van der Waals surface area contributed by atoms with Crippen LogP contribution in [0.2, 0.25) is 0 Å². The standard InChI is InChI=1S/C9H12F2O6S/c10-9(11,18(14,15)16)8(13)17-5-6-1-3-7(12)4-2-6/h6H,1-5H2,(H,14,15,16). The van der Waals surface area contributed by atoms with Gasteiger partial charge in [0.2, 0.25) is 0 Å². The molecule has 0 heterocycles. The third kappa shape index (κ3) is 3.45. The molecule has 0 saturated heterocycles.